The second kappa shape index (κ2) is 21.9. The molecule has 5 heterocycles. The predicted molar refractivity (Wildman–Crippen MR) is 291 cm³/mol. The highest BCUT2D eigenvalue weighted by atomic mass is 32.1. The Balaban J connectivity index is 1.19. The average Bonchev–Trinajstić information content (AvgIpc) is 4.20. The lowest BCUT2D eigenvalue weighted by molar-refractivity contribution is 0.668. The van der Waals surface area contributed by atoms with Crippen molar-refractivity contribution in [3.8, 4) is 39.0 Å². The zero-order valence-electron chi connectivity index (χ0n) is 36.2. The van der Waals surface area contributed by atoms with Crippen LogP contribution in [-0.2, 0) is 12.8 Å². The molecular weight excluding hydrogens is 895 g/mol. The molecule has 0 aliphatic rings. The number of thiophene rings is 5. The Morgan fingerprint density at radius 3 is 1.06 bits per heavy atom. The van der Waals surface area contributed by atoms with Gasteiger partial charge >= 0.3 is 0 Å². The van der Waals surface area contributed by atoms with Gasteiger partial charge in [-0.05, 0) is 121 Å². The van der Waals surface area contributed by atoms with Gasteiger partial charge in [-0.15, -0.1) is 56.7 Å². The maximum absolute atomic E-state index is 2.59. The average molecular weight is 949 g/mol. The Hall–Kier alpha value is -3.76. The zero-order chi connectivity index (χ0) is 42.8. The second-order valence-corrected chi connectivity index (χ2v) is 25.4. The highest BCUT2D eigenvalue weighted by molar-refractivity contribution is 7.81. The van der Waals surface area contributed by atoms with Crippen molar-refractivity contribution in [2.75, 3.05) is 0 Å². The standard InChI is InChI=1S/C56H54P2S5/c1-3-5-7-13-23-41-35-37-59-53(41)51-39-47(57(43-25-15-9-16-26-43)44-27-17-10-18-28-44)55(62-51)49-33-34-50(61-49)56-48(58(45-29-19-11-20-30-45)46-31-21-12-22-32-46)40-52(63-56)54-42(36-38-60-54)24-14-8-6-4-2/h9-12,15-22,25-40H,3-8,13-14,23-24H2,1-2H3. The van der Waals surface area contributed by atoms with E-state index in [1.54, 1.807) is 0 Å². The molecule has 0 aliphatic carbocycles. The molecule has 0 saturated heterocycles. The van der Waals surface area contributed by atoms with Crippen LogP contribution in [0.15, 0.2) is 168 Å². The topological polar surface area (TPSA) is 0 Å². The second-order valence-electron chi connectivity index (χ2n) is 16.0. The molecule has 318 valence electrons. The third kappa shape index (κ3) is 10.4. The van der Waals surface area contributed by atoms with Gasteiger partial charge in [-0.3, -0.25) is 0 Å². The third-order valence-electron chi connectivity index (χ3n) is 11.6. The number of unbranched alkanes of at least 4 members (excludes halogenated alkanes) is 6. The van der Waals surface area contributed by atoms with Gasteiger partial charge in [-0.2, -0.15) is 0 Å². The molecule has 0 N–H and O–H groups in total. The van der Waals surface area contributed by atoms with E-state index in [1.165, 1.54) is 133 Å². The molecule has 0 saturated carbocycles. The van der Waals surface area contributed by atoms with Crippen molar-refractivity contribution in [3.05, 3.63) is 180 Å². The normalized spacial score (nSPS) is 11.6. The summed E-state index contributed by atoms with van der Waals surface area (Å²) in [7, 11) is -1.59. The fourth-order valence-corrected chi connectivity index (χ4v) is 19.9. The maximum atomic E-state index is 2.59. The summed E-state index contributed by atoms with van der Waals surface area (Å²) in [5.41, 5.74) is 3.02. The van der Waals surface area contributed by atoms with E-state index in [4.69, 9.17) is 0 Å². The van der Waals surface area contributed by atoms with Crippen LogP contribution in [0.1, 0.15) is 76.3 Å². The first-order valence-corrected chi connectivity index (χ1v) is 29.4. The first kappa shape index (κ1) is 44.4. The Kier molecular flexibility index (Phi) is 15.5. The lowest BCUT2D eigenvalue weighted by Gasteiger charge is -2.20. The van der Waals surface area contributed by atoms with E-state index < -0.39 is 15.8 Å². The largest absolute Gasteiger partial charge is 0.143 e. The van der Waals surface area contributed by atoms with Gasteiger partial charge in [0.05, 0.1) is 9.75 Å². The van der Waals surface area contributed by atoms with Gasteiger partial charge in [-0.25, -0.2) is 0 Å². The van der Waals surface area contributed by atoms with Crippen molar-refractivity contribution in [2.24, 2.45) is 0 Å². The number of aryl methyl sites for hydroxylation is 2. The summed E-state index contributed by atoms with van der Waals surface area (Å²) >= 11 is 9.89. The molecule has 0 atom stereocenters. The van der Waals surface area contributed by atoms with Gasteiger partial charge < -0.3 is 0 Å². The highest BCUT2D eigenvalue weighted by Gasteiger charge is 2.28. The molecule has 63 heavy (non-hydrogen) atoms. The minimum absolute atomic E-state index is 0.797. The first-order valence-electron chi connectivity index (χ1n) is 22.5. The van der Waals surface area contributed by atoms with Crippen LogP contribution in [0.25, 0.3) is 39.0 Å². The third-order valence-corrected chi connectivity index (χ3v) is 22.8. The van der Waals surface area contributed by atoms with E-state index in [-0.39, 0.29) is 0 Å². The van der Waals surface area contributed by atoms with Crippen molar-refractivity contribution in [1.29, 1.82) is 0 Å². The van der Waals surface area contributed by atoms with Crippen molar-refractivity contribution in [3.63, 3.8) is 0 Å². The van der Waals surface area contributed by atoms with Crippen molar-refractivity contribution in [1.82, 2.24) is 0 Å². The minimum Gasteiger partial charge on any atom is -0.143 e. The van der Waals surface area contributed by atoms with Gasteiger partial charge in [0.15, 0.2) is 0 Å². The van der Waals surface area contributed by atoms with Crippen LogP contribution in [0, 0.1) is 0 Å². The fourth-order valence-electron chi connectivity index (χ4n) is 8.40. The van der Waals surface area contributed by atoms with E-state index in [2.05, 4.69) is 182 Å². The van der Waals surface area contributed by atoms with E-state index in [9.17, 15) is 0 Å². The quantitative estimate of drug-likeness (QED) is 0.0528. The molecule has 0 aliphatic heterocycles. The summed E-state index contributed by atoms with van der Waals surface area (Å²) in [6.45, 7) is 4.61. The fraction of sp³-hybridized carbons (Fsp3) is 0.214. The minimum atomic E-state index is -0.797. The van der Waals surface area contributed by atoms with Crippen LogP contribution >= 0.6 is 72.5 Å². The Labute approximate surface area is 397 Å². The molecule has 7 heteroatoms. The molecule has 0 fully saturated rings. The van der Waals surface area contributed by atoms with E-state index in [0.29, 0.717) is 0 Å². The Bertz CT molecular complexity index is 2500. The summed E-state index contributed by atoms with van der Waals surface area (Å²) in [5.74, 6) is 0. The molecule has 0 bridgehead atoms. The molecule has 0 spiro atoms. The molecule has 0 nitrogen and oxygen atoms in total. The van der Waals surface area contributed by atoms with Crippen molar-refractivity contribution >= 4 is 104 Å². The predicted octanol–water partition coefficient (Wildman–Crippen LogP) is 16.4. The van der Waals surface area contributed by atoms with Gasteiger partial charge in [-0.1, -0.05) is 174 Å². The maximum Gasteiger partial charge on any atom is 0.0533 e. The van der Waals surface area contributed by atoms with E-state index >= 15 is 0 Å². The van der Waals surface area contributed by atoms with Gasteiger partial charge in [0.1, 0.15) is 0 Å². The van der Waals surface area contributed by atoms with Gasteiger partial charge in [0.25, 0.3) is 0 Å². The summed E-state index contributed by atoms with van der Waals surface area (Å²) in [4.78, 5) is 11.3. The Morgan fingerprint density at radius 2 is 0.714 bits per heavy atom. The van der Waals surface area contributed by atoms with Gasteiger partial charge in [0, 0.05) is 39.9 Å². The molecule has 9 aromatic rings. The molecule has 0 amide bonds. The number of benzene rings is 4. The number of hydrogen-bond donors (Lipinski definition) is 0. The Morgan fingerprint density at radius 1 is 0.349 bits per heavy atom. The van der Waals surface area contributed by atoms with Crippen LogP contribution < -0.4 is 31.8 Å². The summed E-state index contributed by atoms with van der Waals surface area (Å²) in [6.07, 6.45) is 12.6. The molecule has 9 rings (SSSR count). The molecule has 5 aromatic heterocycles. The molecular formula is C56H54P2S5. The summed E-state index contributed by atoms with van der Waals surface area (Å²) in [6, 6.07) is 60.0. The zero-order valence-corrected chi connectivity index (χ0v) is 42.0. The smallest absolute Gasteiger partial charge is 0.0533 e. The van der Waals surface area contributed by atoms with Crippen LogP contribution in [0.4, 0.5) is 0 Å². The summed E-state index contributed by atoms with van der Waals surface area (Å²) < 4.78 is 0. The highest BCUT2D eigenvalue weighted by Crippen LogP contribution is 2.51. The van der Waals surface area contributed by atoms with Crippen LogP contribution in [-0.4, -0.2) is 0 Å². The van der Waals surface area contributed by atoms with Crippen LogP contribution in [0.5, 0.6) is 0 Å². The lowest BCUT2D eigenvalue weighted by Crippen LogP contribution is -2.20. The SMILES string of the molecule is CCCCCCc1ccsc1-c1cc(P(c2ccccc2)c2ccccc2)c(-c2ccc(-c3sc(-c4sccc4CCCCCC)cc3P(c3ccccc3)c3ccccc3)s2)s1. The molecule has 0 radical (unpaired) electrons. The monoisotopic (exact) mass is 948 g/mol. The summed E-state index contributed by atoms with van der Waals surface area (Å²) in [5, 5.41) is 13.2. The number of rotatable bonds is 20. The van der Waals surface area contributed by atoms with Gasteiger partial charge in [0.2, 0.25) is 0 Å². The van der Waals surface area contributed by atoms with Crippen LogP contribution in [0.3, 0.4) is 0 Å². The molecule has 4 aromatic carbocycles. The molecule has 0 unspecified atom stereocenters. The van der Waals surface area contributed by atoms with E-state index in [0.717, 1.165) is 12.8 Å². The first-order chi connectivity index (χ1) is 31.2. The van der Waals surface area contributed by atoms with Crippen molar-refractivity contribution in [2.45, 2.75) is 78.1 Å². The number of hydrogen-bond acceptors (Lipinski definition) is 5. The lowest BCUT2D eigenvalue weighted by atomic mass is 10.1. The van der Waals surface area contributed by atoms with Crippen LogP contribution in [0.2, 0.25) is 0 Å². The van der Waals surface area contributed by atoms with Crippen molar-refractivity contribution < 1.29 is 0 Å². The van der Waals surface area contributed by atoms with E-state index in [1.807, 2.05) is 56.7 Å².